The summed E-state index contributed by atoms with van der Waals surface area (Å²) in [5, 5.41) is 0. The Morgan fingerprint density at radius 1 is 0.839 bits per heavy atom. The molecule has 0 radical (unpaired) electrons. The van der Waals surface area contributed by atoms with Crippen LogP contribution in [-0.2, 0) is 15.1 Å². The van der Waals surface area contributed by atoms with E-state index in [1.807, 2.05) is 72.8 Å². The monoisotopic (exact) mass is 473 g/mol. The van der Waals surface area contributed by atoms with E-state index >= 15 is 0 Å². The van der Waals surface area contributed by atoms with Gasteiger partial charge in [-0.25, -0.2) is 0 Å². The first kappa shape index (κ1) is 19.8. The largest absolute Gasteiger partial charge is 0.450 e. The van der Waals surface area contributed by atoms with E-state index in [1.54, 1.807) is 11.8 Å². The molecular formula is C26H20BrNO3. The third kappa shape index (κ3) is 3.21. The number of fused-ring (bicyclic) bond motifs is 1. The molecule has 1 atom stereocenters. The Morgan fingerprint density at radius 3 is 1.97 bits per heavy atom. The van der Waals surface area contributed by atoms with Crippen LogP contribution in [0.2, 0.25) is 0 Å². The molecule has 1 aliphatic heterocycles. The zero-order chi connectivity index (χ0) is 21.4. The standard InChI is InChI=1S/C26H20BrNO3/c1-18(29)28-22-15-9-8-14-21(22)26(19-10-4-2-5-11-19,20-12-6-3-7-13-20)31-25(28)23-16-17-24(27)30-23/h2-17,25H,1H3. The van der Waals surface area contributed by atoms with Gasteiger partial charge in [0.25, 0.3) is 0 Å². The summed E-state index contributed by atoms with van der Waals surface area (Å²) >= 11 is 3.38. The van der Waals surface area contributed by atoms with E-state index in [9.17, 15) is 4.79 Å². The van der Waals surface area contributed by atoms with Crippen LogP contribution in [-0.4, -0.2) is 5.91 Å². The first-order valence-corrected chi connectivity index (χ1v) is 10.8. The van der Waals surface area contributed by atoms with Gasteiger partial charge < -0.3 is 9.15 Å². The molecule has 5 heteroatoms. The molecule has 0 saturated heterocycles. The highest BCUT2D eigenvalue weighted by atomic mass is 79.9. The smallest absolute Gasteiger partial charge is 0.226 e. The number of furan rings is 1. The number of anilines is 1. The van der Waals surface area contributed by atoms with Crippen LogP contribution in [0.25, 0.3) is 0 Å². The Kier molecular flexibility index (Phi) is 5.00. The van der Waals surface area contributed by atoms with Gasteiger partial charge in [0, 0.05) is 12.5 Å². The summed E-state index contributed by atoms with van der Waals surface area (Å²) in [7, 11) is 0. The highest BCUT2D eigenvalue weighted by Gasteiger charge is 2.49. The fraction of sp³-hybridized carbons (Fsp3) is 0.115. The van der Waals surface area contributed by atoms with Crippen molar-refractivity contribution < 1.29 is 13.9 Å². The number of hydrogen-bond donors (Lipinski definition) is 0. The Balaban J connectivity index is 1.85. The first-order chi connectivity index (χ1) is 15.1. The fourth-order valence-electron chi connectivity index (χ4n) is 4.33. The Bertz CT molecular complexity index is 1180. The Hall–Kier alpha value is -3.15. The minimum Gasteiger partial charge on any atom is -0.450 e. The fourth-order valence-corrected chi connectivity index (χ4v) is 4.65. The van der Waals surface area contributed by atoms with Crippen LogP contribution in [0.15, 0.2) is 106 Å². The van der Waals surface area contributed by atoms with E-state index in [0.717, 1.165) is 22.4 Å². The number of para-hydroxylation sites is 1. The lowest BCUT2D eigenvalue weighted by atomic mass is 9.78. The third-order valence-corrected chi connectivity index (χ3v) is 6.03. The molecule has 5 rings (SSSR count). The van der Waals surface area contributed by atoms with Crippen LogP contribution in [0.4, 0.5) is 5.69 Å². The van der Waals surface area contributed by atoms with Gasteiger partial charge in [-0.15, -0.1) is 0 Å². The molecule has 1 aromatic heterocycles. The van der Waals surface area contributed by atoms with Crippen LogP contribution in [0.5, 0.6) is 0 Å². The molecule has 0 N–H and O–H groups in total. The molecule has 1 aliphatic rings. The molecule has 31 heavy (non-hydrogen) atoms. The number of carbonyl (C=O) groups excluding carboxylic acids is 1. The average molecular weight is 474 g/mol. The number of rotatable bonds is 3. The number of hydrogen-bond acceptors (Lipinski definition) is 3. The van der Waals surface area contributed by atoms with Gasteiger partial charge in [0.2, 0.25) is 5.91 Å². The van der Waals surface area contributed by atoms with Crippen molar-refractivity contribution in [3.05, 3.63) is 124 Å². The van der Waals surface area contributed by atoms with Crippen molar-refractivity contribution >= 4 is 27.5 Å². The predicted octanol–water partition coefficient (Wildman–Crippen LogP) is 6.42. The van der Waals surface area contributed by atoms with Gasteiger partial charge in [0.1, 0.15) is 5.60 Å². The molecule has 0 spiro atoms. The maximum Gasteiger partial charge on any atom is 0.226 e. The van der Waals surface area contributed by atoms with E-state index in [4.69, 9.17) is 9.15 Å². The highest BCUT2D eigenvalue weighted by molar-refractivity contribution is 9.10. The molecular weight excluding hydrogens is 454 g/mol. The normalized spacial score (nSPS) is 17.2. The van der Waals surface area contributed by atoms with Crippen molar-refractivity contribution in [2.24, 2.45) is 0 Å². The van der Waals surface area contributed by atoms with Crippen LogP contribution in [0, 0.1) is 0 Å². The molecule has 4 aromatic rings. The first-order valence-electron chi connectivity index (χ1n) is 10.0. The number of carbonyl (C=O) groups is 1. The SMILES string of the molecule is CC(=O)N1c2ccccc2C(c2ccccc2)(c2ccccc2)OC1c1ccc(Br)o1. The molecule has 4 nitrogen and oxygen atoms in total. The van der Waals surface area contributed by atoms with Gasteiger partial charge in [-0.2, -0.15) is 0 Å². The van der Waals surface area contributed by atoms with E-state index in [0.29, 0.717) is 10.4 Å². The zero-order valence-electron chi connectivity index (χ0n) is 16.9. The second-order valence-electron chi connectivity index (χ2n) is 7.43. The van der Waals surface area contributed by atoms with Gasteiger partial charge >= 0.3 is 0 Å². The second kappa shape index (κ2) is 7.84. The number of halogens is 1. The Morgan fingerprint density at radius 2 is 1.42 bits per heavy atom. The molecule has 154 valence electrons. The molecule has 3 aromatic carbocycles. The van der Waals surface area contributed by atoms with Gasteiger partial charge in [-0.05, 0) is 45.3 Å². The number of benzene rings is 3. The summed E-state index contributed by atoms with van der Waals surface area (Å²) in [4.78, 5) is 14.5. The molecule has 0 saturated carbocycles. The summed E-state index contributed by atoms with van der Waals surface area (Å²) in [5.41, 5.74) is 2.74. The average Bonchev–Trinajstić information content (AvgIpc) is 3.25. The summed E-state index contributed by atoms with van der Waals surface area (Å²) in [5.74, 6) is 0.424. The van der Waals surface area contributed by atoms with Crippen molar-refractivity contribution in [2.75, 3.05) is 4.90 Å². The molecule has 0 fully saturated rings. The molecule has 2 heterocycles. The molecule has 0 bridgehead atoms. The van der Waals surface area contributed by atoms with E-state index in [1.165, 1.54) is 0 Å². The van der Waals surface area contributed by atoms with Crippen molar-refractivity contribution in [1.82, 2.24) is 0 Å². The second-order valence-corrected chi connectivity index (χ2v) is 8.21. The van der Waals surface area contributed by atoms with Crippen LogP contribution < -0.4 is 4.90 Å². The van der Waals surface area contributed by atoms with E-state index in [2.05, 4.69) is 40.2 Å². The van der Waals surface area contributed by atoms with Crippen LogP contribution >= 0.6 is 15.9 Å². The summed E-state index contributed by atoms with van der Waals surface area (Å²) in [6, 6.07) is 31.8. The lowest BCUT2D eigenvalue weighted by Crippen LogP contribution is -2.47. The van der Waals surface area contributed by atoms with Crippen molar-refractivity contribution in [3.63, 3.8) is 0 Å². The van der Waals surface area contributed by atoms with E-state index < -0.39 is 11.8 Å². The van der Waals surface area contributed by atoms with Gasteiger partial charge in [-0.3, -0.25) is 9.69 Å². The summed E-state index contributed by atoms with van der Waals surface area (Å²) in [6.07, 6.45) is -0.737. The van der Waals surface area contributed by atoms with Crippen molar-refractivity contribution in [1.29, 1.82) is 0 Å². The predicted molar refractivity (Wildman–Crippen MR) is 123 cm³/mol. The number of amides is 1. The number of nitrogens with zero attached hydrogens (tertiary/aromatic N) is 1. The van der Waals surface area contributed by atoms with Crippen LogP contribution in [0.3, 0.4) is 0 Å². The molecule has 1 amide bonds. The Labute approximate surface area is 189 Å². The number of ether oxygens (including phenoxy) is 1. The summed E-state index contributed by atoms with van der Waals surface area (Å²) < 4.78 is 13.4. The quantitative estimate of drug-likeness (QED) is 0.344. The van der Waals surface area contributed by atoms with E-state index in [-0.39, 0.29) is 5.91 Å². The molecule has 1 unspecified atom stereocenters. The molecule has 0 aliphatic carbocycles. The summed E-state index contributed by atoms with van der Waals surface area (Å²) in [6.45, 7) is 1.54. The van der Waals surface area contributed by atoms with Gasteiger partial charge in [0.15, 0.2) is 16.7 Å². The maximum atomic E-state index is 12.8. The lowest BCUT2D eigenvalue weighted by Gasteiger charge is -2.47. The van der Waals surface area contributed by atoms with Crippen LogP contribution in [0.1, 0.15) is 35.6 Å². The lowest BCUT2D eigenvalue weighted by molar-refractivity contribution is -0.125. The zero-order valence-corrected chi connectivity index (χ0v) is 18.5. The minimum atomic E-state index is -0.922. The highest BCUT2D eigenvalue weighted by Crippen LogP contribution is 2.52. The third-order valence-electron chi connectivity index (χ3n) is 5.60. The van der Waals surface area contributed by atoms with Gasteiger partial charge in [-0.1, -0.05) is 78.9 Å². The minimum absolute atomic E-state index is 0.125. The topological polar surface area (TPSA) is 42.7 Å². The maximum absolute atomic E-state index is 12.8. The van der Waals surface area contributed by atoms with Crippen molar-refractivity contribution in [3.8, 4) is 0 Å². The van der Waals surface area contributed by atoms with Gasteiger partial charge in [0.05, 0.1) is 5.69 Å². The van der Waals surface area contributed by atoms with Crippen molar-refractivity contribution in [2.45, 2.75) is 18.8 Å².